The summed E-state index contributed by atoms with van der Waals surface area (Å²) in [5.41, 5.74) is 3.86. The highest BCUT2D eigenvalue weighted by Gasteiger charge is 2.21. The monoisotopic (exact) mass is 509 g/mol. The van der Waals surface area contributed by atoms with Gasteiger partial charge in [-0.25, -0.2) is 14.6 Å². The molecule has 0 spiro atoms. The number of esters is 1. The van der Waals surface area contributed by atoms with E-state index in [2.05, 4.69) is 27.5 Å². The molecule has 198 valence electrons. The Bertz CT molecular complexity index is 1160. The largest absolute Gasteiger partial charge is 0.481 e. The lowest BCUT2D eigenvalue weighted by Crippen LogP contribution is -2.15. The number of anilines is 1. The number of hydrogen-bond acceptors (Lipinski definition) is 9. The molecule has 1 atom stereocenters. The van der Waals surface area contributed by atoms with Crippen LogP contribution in [-0.4, -0.2) is 64.3 Å². The number of fused-ring (bicyclic) bond motifs is 1. The molecule has 2 N–H and O–H groups in total. The number of hydrogen-bond donors (Lipinski definition) is 2. The summed E-state index contributed by atoms with van der Waals surface area (Å²) in [7, 11) is 1.56. The van der Waals surface area contributed by atoms with Crippen molar-refractivity contribution in [2.45, 2.75) is 51.5 Å². The normalized spacial score (nSPS) is 13.4. The fourth-order valence-electron chi connectivity index (χ4n) is 4.42. The smallest absolute Gasteiger partial charge is 0.306 e. The molecule has 37 heavy (non-hydrogen) atoms. The number of nitrogens with zero attached hydrogens (tertiary/aromatic N) is 4. The van der Waals surface area contributed by atoms with Gasteiger partial charge in [-0.2, -0.15) is 5.10 Å². The fraction of sp³-hybridized carbons (Fsp3) is 0.481. The number of aliphatic hydroxyl groups excluding tert-OH is 1. The molecule has 10 nitrogen and oxygen atoms in total. The molecule has 1 aliphatic heterocycles. The minimum Gasteiger partial charge on any atom is -0.481 e. The van der Waals surface area contributed by atoms with Crippen molar-refractivity contribution < 1.29 is 24.1 Å². The standard InChI is InChI=1S/C27H35N5O5/c1-3-36-26(34)16-21(20-7-9-24(35-2)29-18-20)15-23-17-25(32(31-23)12-13-33)37-14-10-22-8-6-19-5-4-11-28-27(19)30-22/h6-9,17-18,21,33H,3-5,10-16H2,1-2H3,(H,28,30)/t21-/m0/s1. The zero-order valence-electron chi connectivity index (χ0n) is 21.5. The Hall–Kier alpha value is -3.66. The van der Waals surface area contributed by atoms with Crippen molar-refractivity contribution in [2.75, 3.05) is 38.8 Å². The number of rotatable bonds is 13. The predicted octanol–water partition coefficient (Wildman–Crippen LogP) is 2.93. The zero-order chi connectivity index (χ0) is 26.0. The summed E-state index contributed by atoms with van der Waals surface area (Å²) in [5.74, 6) is 1.59. The Labute approximate surface area is 217 Å². The SMILES string of the molecule is CCOC(=O)C[C@H](Cc1cc(OCCc2ccc3c(n2)NCCC3)n(CCO)n1)c1ccc(OC)nc1. The van der Waals surface area contributed by atoms with Gasteiger partial charge in [-0.15, -0.1) is 0 Å². The average Bonchev–Trinajstić information content (AvgIpc) is 3.29. The highest BCUT2D eigenvalue weighted by Crippen LogP contribution is 2.27. The van der Waals surface area contributed by atoms with Gasteiger partial charge in [0, 0.05) is 42.9 Å². The summed E-state index contributed by atoms with van der Waals surface area (Å²) in [6.07, 6.45) is 5.23. The molecule has 4 heterocycles. The summed E-state index contributed by atoms with van der Waals surface area (Å²) in [6, 6.07) is 9.73. The molecular formula is C27H35N5O5. The molecule has 0 amide bonds. The van der Waals surface area contributed by atoms with E-state index in [1.54, 1.807) is 31.0 Å². The topological polar surface area (TPSA) is 121 Å². The molecule has 10 heteroatoms. The minimum absolute atomic E-state index is 0.0653. The van der Waals surface area contributed by atoms with E-state index in [9.17, 15) is 9.90 Å². The van der Waals surface area contributed by atoms with Gasteiger partial charge >= 0.3 is 5.97 Å². The van der Waals surface area contributed by atoms with Gasteiger partial charge in [-0.1, -0.05) is 12.1 Å². The van der Waals surface area contributed by atoms with E-state index < -0.39 is 0 Å². The Balaban J connectivity index is 1.45. The van der Waals surface area contributed by atoms with Crippen molar-refractivity contribution in [1.29, 1.82) is 0 Å². The van der Waals surface area contributed by atoms with Crippen LogP contribution in [0, 0.1) is 0 Å². The number of ether oxygens (including phenoxy) is 3. The lowest BCUT2D eigenvalue weighted by atomic mass is 9.92. The van der Waals surface area contributed by atoms with Crippen LogP contribution in [0.3, 0.4) is 0 Å². The first-order valence-corrected chi connectivity index (χ1v) is 12.8. The molecule has 3 aromatic heterocycles. The van der Waals surface area contributed by atoms with Crippen molar-refractivity contribution >= 4 is 11.8 Å². The molecule has 0 unspecified atom stereocenters. The molecule has 0 radical (unpaired) electrons. The number of aromatic nitrogens is 4. The highest BCUT2D eigenvalue weighted by molar-refractivity contribution is 5.70. The molecule has 0 fully saturated rings. The third-order valence-electron chi connectivity index (χ3n) is 6.28. The van der Waals surface area contributed by atoms with E-state index in [1.165, 1.54) is 5.56 Å². The number of carbonyl (C=O) groups excluding carboxylic acids is 1. The van der Waals surface area contributed by atoms with Gasteiger partial charge in [-0.3, -0.25) is 4.79 Å². The molecule has 4 rings (SSSR count). The van der Waals surface area contributed by atoms with Gasteiger partial charge in [0.25, 0.3) is 0 Å². The quantitative estimate of drug-likeness (QED) is 0.335. The zero-order valence-corrected chi connectivity index (χ0v) is 21.5. The Morgan fingerprint density at radius 3 is 2.89 bits per heavy atom. The molecule has 0 aromatic carbocycles. The average molecular weight is 510 g/mol. The second-order valence-electron chi connectivity index (χ2n) is 8.90. The van der Waals surface area contributed by atoms with Crippen molar-refractivity contribution in [1.82, 2.24) is 19.7 Å². The number of pyridine rings is 2. The van der Waals surface area contributed by atoms with Crippen molar-refractivity contribution in [2.24, 2.45) is 0 Å². The molecule has 0 saturated carbocycles. The molecule has 0 saturated heterocycles. The van der Waals surface area contributed by atoms with Crippen molar-refractivity contribution in [3.05, 3.63) is 59.0 Å². The van der Waals surface area contributed by atoms with Crippen LogP contribution < -0.4 is 14.8 Å². The van der Waals surface area contributed by atoms with E-state index in [-0.39, 0.29) is 24.9 Å². The van der Waals surface area contributed by atoms with Crippen LogP contribution >= 0.6 is 0 Å². The minimum atomic E-state index is -0.276. The second kappa shape index (κ2) is 13.0. The number of aryl methyl sites for hydroxylation is 1. The van der Waals surface area contributed by atoms with Gasteiger partial charge < -0.3 is 24.6 Å². The van der Waals surface area contributed by atoms with E-state index in [0.29, 0.717) is 44.4 Å². The molecule has 3 aromatic rings. The number of methoxy groups -OCH3 is 1. The molecule has 0 aliphatic carbocycles. The number of aliphatic hydroxyl groups is 1. The van der Waals surface area contributed by atoms with Crippen molar-refractivity contribution in [3.63, 3.8) is 0 Å². The highest BCUT2D eigenvalue weighted by atomic mass is 16.5. The molecule has 0 bridgehead atoms. The number of carbonyl (C=O) groups is 1. The molecular weight excluding hydrogens is 474 g/mol. The first-order valence-electron chi connectivity index (χ1n) is 12.8. The summed E-state index contributed by atoms with van der Waals surface area (Å²) in [5, 5.41) is 17.5. The van der Waals surface area contributed by atoms with Crippen LogP contribution in [0.5, 0.6) is 11.8 Å². The Morgan fingerprint density at radius 1 is 1.24 bits per heavy atom. The Morgan fingerprint density at radius 2 is 2.14 bits per heavy atom. The lowest BCUT2D eigenvalue weighted by molar-refractivity contribution is -0.143. The van der Waals surface area contributed by atoms with Crippen LogP contribution in [0.2, 0.25) is 0 Å². The van der Waals surface area contributed by atoms with Gasteiger partial charge in [0.1, 0.15) is 5.82 Å². The molecule has 1 aliphatic rings. The maximum Gasteiger partial charge on any atom is 0.306 e. The lowest BCUT2D eigenvalue weighted by Gasteiger charge is -2.17. The van der Waals surface area contributed by atoms with Gasteiger partial charge in [0.15, 0.2) is 0 Å². The third kappa shape index (κ3) is 7.19. The van der Waals surface area contributed by atoms with Gasteiger partial charge in [0.05, 0.1) is 45.6 Å². The van der Waals surface area contributed by atoms with Crippen LogP contribution in [-0.2, 0) is 35.3 Å². The fourth-order valence-corrected chi connectivity index (χ4v) is 4.42. The summed E-state index contributed by atoms with van der Waals surface area (Å²) in [4.78, 5) is 21.3. The maximum atomic E-state index is 12.3. The van der Waals surface area contributed by atoms with Crippen LogP contribution in [0.15, 0.2) is 36.5 Å². The van der Waals surface area contributed by atoms with Crippen LogP contribution in [0.1, 0.15) is 48.2 Å². The van der Waals surface area contributed by atoms with Gasteiger partial charge in [0.2, 0.25) is 11.8 Å². The van der Waals surface area contributed by atoms with Crippen molar-refractivity contribution in [3.8, 4) is 11.8 Å². The van der Waals surface area contributed by atoms with Crippen LogP contribution in [0.4, 0.5) is 5.82 Å². The Kier molecular flexibility index (Phi) is 9.31. The van der Waals surface area contributed by atoms with E-state index in [0.717, 1.165) is 42.2 Å². The van der Waals surface area contributed by atoms with E-state index in [1.807, 2.05) is 12.1 Å². The van der Waals surface area contributed by atoms with E-state index >= 15 is 0 Å². The van der Waals surface area contributed by atoms with Gasteiger partial charge in [-0.05, 0) is 43.4 Å². The van der Waals surface area contributed by atoms with E-state index in [4.69, 9.17) is 19.2 Å². The number of nitrogens with one attached hydrogen (secondary N) is 1. The third-order valence-corrected chi connectivity index (χ3v) is 6.28. The summed E-state index contributed by atoms with van der Waals surface area (Å²) in [6.45, 7) is 3.74. The predicted molar refractivity (Wildman–Crippen MR) is 138 cm³/mol. The summed E-state index contributed by atoms with van der Waals surface area (Å²) >= 11 is 0. The first-order chi connectivity index (χ1) is 18.1. The summed E-state index contributed by atoms with van der Waals surface area (Å²) < 4.78 is 18.1. The second-order valence-corrected chi connectivity index (χ2v) is 8.90. The first kappa shape index (κ1) is 26.4. The maximum absolute atomic E-state index is 12.3. The van der Waals surface area contributed by atoms with Crippen LogP contribution in [0.25, 0.3) is 0 Å².